The smallest absolute Gasteiger partial charge is 0.475 e. The summed E-state index contributed by atoms with van der Waals surface area (Å²) in [4.78, 5) is 25.4. The summed E-state index contributed by atoms with van der Waals surface area (Å²) in [5.74, 6) is -2.44. The van der Waals surface area contributed by atoms with Gasteiger partial charge in [-0.05, 0) is 43.6 Å². The van der Waals surface area contributed by atoms with E-state index in [0.717, 1.165) is 39.0 Å². The zero-order valence-corrected chi connectivity index (χ0v) is 17.4. The molecule has 0 bridgehead atoms. The number of halogens is 3. The van der Waals surface area contributed by atoms with Gasteiger partial charge in [0.2, 0.25) is 5.91 Å². The summed E-state index contributed by atoms with van der Waals surface area (Å²) >= 11 is 1.76. The number of aliphatic carboxylic acids is 1. The van der Waals surface area contributed by atoms with Crippen molar-refractivity contribution in [2.75, 3.05) is 19.7 Å². The number of rotatable bonds is 5. The fourth-order valence-electron chi connectivity index (χ4n) is 4.22. The number of carbonyl (C=O) groups is 2. The number of amides is 1. The SMILES string of the molecule is O=C(NCCc1cccs1)[C@H]1C[C@H]2OCC[C@H]2N(C2CCC2)C1.O=C(O)C(F)(F)F. The van der Waals surface area contributed by atoms with Crippen molar-refractivity contribution in [2.24, 2.45) is 5.92 Å². The molecule has 0 radical (unpaired) electrons. The van der Waals surface area contributed by atoms with E-state index >= 15 is 0 Å². The Morgan fingerprint density at radius 1 is 1.30 bits per heavy atom. The second-order valence-corrected chi connectivity index (χ2v) is 8.93. The quantitative estimate of drug-likeness (QED) is 0.724. The van der Waals surface area contributed by atoms with Crippen LogP contribution >= 0.6 is 11.3 Å². The molecule has 168 valence electrons. The summed E-state index contributed by atoms with van der Waals surface area (Å²) in [6.07, 6.45) is 2.12. The number of ether oxygens (including phenoxy) is 1. The van der Waals surface area contributed by atoms with Crippen LogP contribution in [0.2, 0.25) is 0 Å². The van der Waals surface area contributed by atoms with Gasteiger partial charge in [0.25, 0.3) is 0 Å². The van der Waals surface area contributed by atoms with Crippen LogP contribution in [0.5, 0.6) is 0 Å². The van der Waals surface area contributed by atoms with Crippen molar-refractivity contribution in [3.63, 3.8) is 0 Å². The van der Waals surface area contributed by atoms with Crippen LogP contribution in [0, 0.1) is 5.92 Å². The first-order chi connectivity index (χ1) is 14.3. The standard InChI is InChI=1S/C18H26N2O2S.C2HF3O2/c21-18(19-8-6-15-5-2-10-23-15)13-11-17-16(7-9-22-17)20(12-13)14-3-1-4-14;3-2(4,5)1(6)7/h2,5,10,13-14,16-17H,1,3-4,6-9,11-12H2,(H,19,21);(H,6,7)/t13-,16+,17+;/m0./s1. The van der Waals surface area contributed by atoms with E-state index in [1.54, 1.807) is 11.3 Å². The minimum Gasteiger partial charge on any atom is -0.475 e. The second-order valence-electron chi connectivity index (χ2n) is 7.90. The molecule has 3 heterocycles. The van der Waals surface area contributed by atoms with E-state index in [4.69, 9.17) is 14.6 Å². The van der Waals surface area contributed by atoms with E-state index < -0.39 is 12.1 Å². The third-order valence-corrected chi connectivity index (χ3v) is 6.89. The molecule has 10 heteroatoms. The summed E-state index contributed by atoms with van der Waals surface area (Å²) in [6, 6.07) is 5.46. The van der Waals surface area contributed by atoms with Gasteiger partial charge in [0.05, 0.1) is 12.0 Å². The van der Waals surface area contributed by atoms with E-state index in [1.807, 2.05) is 0 Å². The molecule has 1 saturated carbocycles. The van der Waals surface area contributed by atoms with Crippen LogP contribution in [0.25, 0.3) is 0 Å². The van der Waals surface area contributed by atoms with Gasteiger partial charge in [-0.25, -0.2) is 4.79 Å². The number of thiophene rings is 1. The molecule has 1 aromatic heterocycles. The van der Waals surface area contributed by atoms with Crippen molar-refractivity contribution in [3.8, 4) is 0 Å². The van der Waals surface area contributed by atoms with Crippen LogP contribution in [0.3, 0.4) is 0 Å². The maximum atomic E-state index is 12.6. The van der Waals surface area contributed by atoms with Crippen molar-refractivity contribution in [1.29, 1.82) is 0 Å². The lowest BCUT2D eigenvalue weighted by molar-refractivity contribution is -0.192. The number of carboxylic acids is 1. The predicted molar refractivity (Wildman–Crippen MR) is 105 cm³/mol. The third kappa shape index (κ3) is 5.95. The number of nitrogens with zero attached hydrogens (tertiary/aromatic N) is 1. The van der Waals surface area contributed by atoms with Crippen LogP contribution in [-0.4, -0.2) is 65.9 Å². The molecular formula is C20H27F3N2O4S. The lowest BCUT2D eigenvalue weighted by Crippen LogP contribution is -2.57. The number of carbonyl (C=O) groups excluding carboxylic acids is 1. The molecule has 4 rings (SSSR count). The molecule has 30 heavy (non-hydrogen) atoms. The molecule has 1 aliphatic carbocycles. The number of alkyl halides is 3. The van der Waals surface area contributed by atoms with Crippen LogP contribution in [0.4, 0.5) is 13.2 Å². The summed E-state index contributed by atoms with van der Waals surface area (Å²) in [5, 5.41) is 12.4. The van der Waals surface area contributed by atoms with Crippen molar-refractivity contribution in [1.82, 2.24) is 10.2 Å². The molecule has 3 fully saturated rings. The highest BCUT2D eigenvalue weighted by Gasteiger charge is 2.45. The first kappa shape index (κ1) is 23.0. The maximum Gasteiger partial charge on any atom is 0.490 e. The molecule has 3 atom stereocenters. The number of hydrogen-bond donors (Lipinski definition) is 2. The van der Waals surface area contributed by atoms with Gasteiger partial charge in [-0.1, -0.05) is 12.5 Å². The number of hydrogen-bond acceptors (Lipinski definition) is 5. The molecule has 6 nitrogen and oxygen atoms in total. The van der Waals surface area contributed by atoms with Gasteiger partial charge in [-0.2, -0.15) is 13.2 Å². The third-order valence-electron chi connectivity index (χ3n) is 5.96. The van der Waals surface area contributed by atoms with Crippen molar-refractivity contribution >= 4 is 23.2 Å². The molecule has 2 aliphatic heterocycles. The Balaban J connectivity index is 0.000000318. The van der Waals surface area contributed by atoms with Crippen molar-refractivity contribution in [2.45, 2.75) is 62.9 Å². The molecule has 0 unspecified atom stereocenters. The zero-order chi connectivity index (χ0) is 21.7. The summed E-state index contributed by atoms with van der Waals surface area (Å²) in [6.45, 7) is 2.54. The number of nitrogens with one attached hydrogen (secondary N) is 1. The largest absolute Gasteiger partial charge is 0.490 e. The van der Waals surface area contributed by atoms with Gasteiger partial charge in [0, 0.05) is 36.7 Å². The Hall–Kier alpha value is -1.65. The second kappa shape index (κ2) is 10.1. The van der Waals surface area contributed by atoms with Crippen molar-refractivity contribution < 1.29 is 32.6 Å². The zero-order valence-electron chi connectivity index (χ0n) is 16.6. The molecule has 1 amide bonds. The van der Waals surface area contributed by atoms with Gasteiger partial charge >= 0.3 is 12.1 Å². The monoisotopic (exact) mass is 448 g/mol. The van der Waals surface area contributed by atoms with E-state index in [2.05, 4.69) is 27.7 Å². The van der Waals surface area contributed by atoms with E-state index in [9.17, 15) is 18.0 Å². The van der Waals surface area contributed by atoms with Gasteiger partial charge in [0.15, 0.2) is 0 Å². The molecule has 0 aromatic carbocycles. The number of fused-ring (bicyclic) bond motifs is 1. The molecule has 2 N–H and O–H groups in total. The molecule has 1 aromatic rings. The minimum atomic E-state index is -5.08. The lowest BCUT2D eigenvalue weighted by Gasteiger charge is -2.47. The maximum absolute atomic E-state index is 12.6. The van der Waals surface area contributed by atoms with E-state index in [-0.39, 0.29) is 17.9 Å². The van der Waals surface area contributed by atoms with Gasteiger partial charge in [0.1, 0.15) is 0 Å². The van der Waals surface area contributed by atoms with Gasteiger partial charge in [-0.3, -0.25) is 9.69 Å². The van der Waals surface area contributed by atoms with E-state index in [1.165, 1.54) is 24.1 Å². The highest BCUT2D eigenvalue weighted by atomic mass is 32.1. The fraction of sp³-hybridized carbons (Fsp3) is 0.700. The van der Waals surface area contributed by atoms with Crippen LogP contribution in [-0.2, 0) is 20.7 Å². The van der Waals surface area contributed by atoms with Crippen LogP contribution < -0.4 is 5.32 Å². The average molecular weight is 449 g/mol. The number of likely N-dealkylation sites (tertiary alicyclic amines) is 1. The summed E-state index contributed by atoms with van der Waals surface area (Å²) in [5.41, 5.74) is 0. The van der Waals surface area contributed by atoms with Gasteiger partial charge in [-0.15, -0.1) is 11.3 Å². The number of carboxylic acid groups (broad SMARTS) is 1. The fourth-order valence-corrected chi connectivity index (χ4v) is 4.93. The highest BCUT2D eigenvalue weighted by Crippen LogP contribution is 2.37. The normalized spacial score (nSPS) is 26.8. The molecular weight excluding hydrogens is 421 g/mol. The molecule has 0 spiro atoms. The summed E-state index contributed by atoms with van der Waals surface area (Å²) in [7, 11) is 0. The first-order valence-electron chi connectivity index (χ1n) is 10.2. The number of piperidine rings is 1. The Kier molecular flexibility index (Phi) is 7.75. The first-order valence-corrected chi connectivity index (χ1v) is 11.1. The Labute approximate surface area is 177 Å². The van der Waals surface area contributed by atoms with Crippen molar-refractivity contribution in [3.05, 3.63) is 22.4 Å². The Bertz CT molecular complexity index is 709. The Morgan fingerprint density at radius 3 is 2.60 bits per heavy atom. The summed E-state index contributed by atoms with van der Waals surface area (Å²) < 4.78 is 37.7. The molecule has 2 saturated heterocycles. The highest BCUT2D eigenvalue weighted by molar-refractivity contribution is 7.09. The van der Waals surface area contributed by atoms with Crippen LogP contribution in [0.15, 0.2) is 17.5 Å². The average Bonchev–Trinajstić information content (AvgIpc) is 3.31. The van der Waals surface area contributed by atoms with Crippen LogP contribution in [0.1, 0.15) is 37.0 Å². The van der Waals surface area contributed by atoms with Gasteiger partial charge < -0.3 is 15.2 Å². The predicted octanol–water partition coefficient (Wildman–Crippen LogP) is 3.07. The minimum absolute atomic E-state index is 0.0956. The topological polar surface area (TPSA) is 78.9 Å². The Morgan fingerprint density at radius 2 is 2.03 bits per heavy atom. The lowest BCUT2D eigenvalue weighted by atomic mass is 9.83. The van der Waals surface area contributed by atoms with E-state index in [0.29, 0.717) is 12.1 Å². The molecule has 3 aliphatic rings.